The summed E-state index contributed by atoms with van der Waals surface area (Å²) < 4.78 is 10.9. The van der Waals surface area contributed by atoms with Gasteiger partial charge in [0.1, 0.15) is 4.99 Å². The number of rotatable bonds is 6. The third-order valence-corrected chi connectivity index (χ3v) is 3.45. The van der Waals surface area contributed by atoms with Crippen LogP contribution in [0, 0.1) is 6.92 Å². The van der Waals surface area contributed by atoms with Gasteiger partial charge in [0.25, 0.3) is 0 Å². The molecule has 3 nitrogen and oxygen atoms in total. The summed E-state index contributed by atoms with van der Waals surface area (Å²) >= 11 is 5.00. The maximum absolute atomic E-state index is 10.9. The summed E-state index contributed by atoms with van der Waals surface area (Å²) in [7, 11) is -0.732. The summed E-state index contributed by atoms with van der Waals surface area (Å²) in [5.41, 5.74) is 8.64. The second-order valence-corrected chi connectivity index (χ2v) is 5.97. The van der Waals surface area contributed by atoms with Gasteiger partial charge in [-0.1, -0.05) is 18.3 Å². The van der Waals surface area contributed by atoms with Crippen LogP contribution in [-0.4, -0.2) is 27.8 Å². The molecule has 0 amide bonds. The Balaban J connectivity index is 2.65. The smallest absolute Gasteiger partial charge is 0.106 e. The highest BCUT2D eigenvalue weighted by atomic mass is 32.2. The Morgan fingerprint density at radius 3 is 2.82 bits per heavy atom. The number of aryl methyl sites for hydroxylation is 1. The number of hydrogen-bond donors (Lipinski definition) is 2. The maximum Gasteiger partial charge on any atom is 0.106 e. The van der Waals surface area contributed by atoms with Gasteiger partial charge in [0.2, 0.25) is 0 Å². The van der Waals surface area contributed by atoms with Gasteiger partial charge in [-0.15, -0.1) is 0 Å². The molecule has 1 aromatic rings. The molecule has 1 aromatic carbocycles. The molecule has 0 saturated heterocycles. The lowest BCUT2D eigenvalue weighted by Gasteiger charge is -2.11. The summed E-state index contributed by atoms with van der Waals surface area (Å²) in [4.78, 5) is 0.395. The van der Waals surface area contributed by atoms with Crippen LogP contribution in [0.3, 0.4) is 0 Å². The van der Waals surface area contributed by atoms with Crippen molar-refractivity contribution in [2.45, 2.75) is 13.3 Å². The van der Waals surface area contributed by atoms with E-state index in [1.165, 1.54) is 0 Å². The average Bonchev–Trinajstić information content (AvgIpc) is 2.23. The van der Waals surface area contributed by atoms with Crippen LogP contribution < -0.4 is 11.1 Å². The zero-order chi connectivity index (χ0) is 12.8. The zero-order valence-corrected chi connectivity index (χ0v) is 11.8. The third kappa shape index (κ3) is 4.83. The number of nitrogens with one attached hydrogen (secondary N) is 1. The molecule has 1 rings (SSSR count). The Hall–Kier alpha value is -0.940. The lowest BCUT2D eigenvalue weighted by Crippen LogP contribution is -2.14. The fraction of sp³-hybridized carbons (Fsp3) is 0.417. The fourth-order valence-electron chi connectivity index (χ4n) is 1.52. The first kappa shape index (κ1) is 14.1. The van der Waals surface area contributed by atoms with Gasteiger partial charge in [-0.3, -0.25) is 4.21 Å². The first-order chi connectivity index (χ1) is 8.00. The van der Waals surface area contributed by atoms with Crippen LogP contribution in [0.5, 0.6) is 0 Å². The molecule has 0 spiro atoms. The SMILES string of the molecule is Cc1ccc(C(N)=S)c(NCCCS(C)=O)c1. The van der Waals surface area contributed by atoms with Crippen molar-refractivity contribution in [1.29, 1.82) is 0 Å². The zero-order valence-electron chi connectivity index (χ0n) is 10.2. The average molecular weight is 270 g/mol. The van der Waals surface area contributed by atoms with Crippen LogP contribution in [0.25, 0.3) is 0 Å². The van der Waals surface area contributed by atoms with E-state index in [-0.39, 0.29) is 0 Å². The molecule has 0 radical (unpaired) electrons. The Kier molecular flexibility index (Phi) is 5.58. The standard InChI is InChI=1S/C12H18N2OS2/c1-9-4-5-10(12(13)16)11(8-9)14-6-3-7-17(2)15/h4-5,8,14H,3,6-7H2,1-2H3,(H2,13,16). The van der Waals surface area contributed by atoms with Crippen LogP contribution in [0.1, 0.15) is 17.5 Å². The van der Waals surface area contributed by atoms with Gasteiger partial charge in [-0.2, -0.15) is 0 Å². The normalized spacial score (nSPS) is 12.1. The van der Waals surface area contributed by atoms with E-state index in [4.69, 9.17) is 18.0 Å². The Bertz CT molecular complexity index is 433. The maximum atomic E-state index is 10.9. The van der Waals surface area contributed by atoms with Gasteiger partial charge in [0.15, 0.2) is 0 Å². The Morgan fingerprint density at radius 1 is 1.53 bits per heavy atom. The van der Waals surface area contributed by atoms with E-state index in [2.05, 4.69) is 5.32 Å². The molecule has 94 valence electrons. The minimum absolute atomic E-state index is 0.395. The summed E-state index contributed by atoms with van der Waals surface area (Å²) in [5.74, 6) is 0.710. The van der Waals surface area contributed by atoms with Crippen LogP contribution in [-0.2, 0) is 10.8 Å². The molecule has 0 heterocycles. The molecule has 0 aliphatic carbocycles. The van der Waals surface area contributed by atoms with Crippen molar-refractivity contribution >= 4 is 33.7 Å². The van der Waals surface area contributed by atoms with E-state index < -0.39 is 10.8 Å². The highest BCUT2D eigenvalue weighted by Crippen LogP contribution is 2.17. The predicted molar refractivity (Wildman–Crippen MR) is 79.1 cm³/mol. The summed E-state index contributed by atoms with van der Waals surface area (Å²) in [6.07, 6.45) is 2.58. The highest BCUT2D eigenvalue weighted by Gasteiger charge is 2.04. The lowest BCUT2D eigenvalue weighted by molar-refractivity contribution is 0.685. The molecule has 17 heavy (non-hydrogen) atoms. The molecule has 0 aliphatic rings. The van der Waals surface area contributed by atoms with E-state index in [0.717, 1.165) is 29.8 Å². The molecule has 0 fully saturated rings. The molecular formula is C12H18N2OS2. The van der Waals surface area contributed by atoms with Gasteiger partial charge in [-0.05, 0) is 31.0 Å². The minimum Gasteiger partial charge on any atom is -0.389 e. The van der Waals surface area contributed by atoms with Gasteiger partial charge in [-0.25, -0.2) is 0 Å². The predicted octanol–water partition coefficient (Wildman–Crippen LogP) is 1.81. The van der Waals surface area contributed by atoms with Crippen LogP contribution in [0.2, 0.25) is 0 Å². The van der Waals surface area contributed by atoms with Gasteiger partial charge in [0, 0.05) is 40.6 Å². The van der Waals surface area contributed by atoms with E-state index in [9.17, 15) is 4.21 Å². The van der Waals surface area contributed by atoms with Crippen molar-refractivity contribution in [2.24, 2.45) is 5.73 Å². The highest BCUT2D eigenvalue weighted by molar-refractivity contribution is 7.84. The van der Waals surface area contributed by atoms with Crippen molar-refractivity contribution < 1.29 is 4.21 Å². The minimum atomic E-state index is -0.732. The van der Waals surface area contributed by atoms with Crippen molar-refractivity contribution in [1.82, 2.24) is 0 Å². The van der Waals surface area contributed by atoms with Crippen LogP contribution >= 0.6 is 12.2 Å². The van der Waals surface area contributed by atoms with Crippen molar-refractivity contribution in [2.75, 3.05) is 23.9 Å². The second-order valence-electron chi connectivity index (χ2n) is 3.97. The molecule has 0 aromatic heterocycles. The molecule has 5 heteroatoms. The quantitative estimate of drug-likeness (QED) is 0.611. The third-order valence-electron chi connectivity index (χ3n) is 2.36. The number of thiocarbonyl (C=S) groups is 1. The van der Waals surface area contributed by atoms with Gasteiger partial charge < -0.3 is 11.1 Å². The van der Waals surface area contributed by atoms with Crippen molar-refractivity contribution in [3.05, 3.63) is 29.3 Å². The number of benzene rings is 1. The first-order valence-corrected chi connectivity index (χ1v) is 7.58. The largest absolute Gasteiger partial charge is 0.389 e. The Morgan fingerprint density at radius 2 is 2.24 bits per heavy atom. The monoisotopic (exact) mass is 270 g/mol. The van der Waals surface area contributed by atoms with E-state index >= 15 is 0 Å². The molecular weight excluding hydrogens is 252 g/mol. The van der Waals surface area contributed by atoms with Crippen LogP contribution in [0.4, 0.5) is 5.69 Å². The fourth-order valence-corrected chi connectivity index (χ4v) is 2.25. The molecule has 0 bridgehead atoms. The lowest BCUT2D eigenvalue weighted by atomic mass is 10.1. The second kappa shape index (κ2) is 6.71. The molecule has 0 saturated carbocycles. The summed E-state index contributed by atoms with van der Waals surface area (Å²) in [6.45, 7) is 2.80. The van der Waals surface area contributed by atoms with E-state index in [1.807, 2.05) is 25.1 Å². The molecule has 1 unspecified atom stereocenters. The Labute approximate surface area is 110 Å². The molecule has 3 N–H and O–H groups in total. The molecule has 0 aliphatic heterocycles. The van der Waals surface area contributed by atoms with Gasteiger partial charge in [0.05, 0.1) is 0 Å². The summed E-state index contributed by atoms with van der Waals surface area (Å²) in [6, 6.07) is 5.94. The van der Waals surface area contributed by atoms with E-state index in [0.29, 0.717) is 10.7 Å². The topological polar surface area (TPSA) is 55.1 Å². The number of nitrogens with two attached hydrogens (primary N) is 1. The van der Waals surface area contributed by atoms with Gasteiger partial charge >= 0.3 is 0 Å². The number of anilines is 1. The summed E-state index contributed by atoms with van der Waals surface area (Å²) in [5, 5.41) is 3.29. The van der Waals surface area contributed by atoms with Crippen LogP contribution in [0.15, 0.2) is 18.2 Å². The first-order valence-electron chi connectivity index (χ1n) is 5.45. The van der Waals surface area contributed by atoms with Crippen molar-refractivity contribution in [3.8, 4) is 0 Å². The van der Waals surface area contributed by atoms with Crippen molar-refractivity contribution in [3.63, 3.8) is 0 Å². The molecule has 1 atom stereocenters. The van der Waals surface area contributed by atoms with E-state index in [1.54, 1.807) is 6.26 Å². The number of hydrogen-bond acceptors (Lipinski definition) is 3.